The third-order valence-electron chi connectivity index (χ3n) is 24.5. The molecule has 0 bridgehead atoms. The molecular weight excluding hydrogens is 1550 g/mol. The van der Waals surface area contributed by atoms with Crippen LogP contribution in [0.1, 0.15) is 38.9 Å². The van der Waals surface area contributed by atoms with Crippen molar-refractivity contribution < 1.29 is 0 Å². The highest BCUT2D eigenvalue weighted by atomic mass is 15.0. The number of nitrogens with zero attached hydrogens (tertiary/aromatic N) is 10. The van der Waals surface area contributed by atoms with Gasteiger partial charge in [-0.15, -0.1) is 0 Å². The fourth-order valence-electron chi connectivity index (χ4n) is 18.4. The van der Waals surface area contributed by atoms with Crippen molar-refractivity contribution in [1.29, 1.82) is 21.0 Å². The Balaban J connectivity index is 0.731. The van der Waals surface area contributed by atoms with Gasteiger partial charge in [-0.3, -0.25) is 0 Å². The minimum atomic E-state index is 0.490. The molecule has 4 aromatic heterocycles. The molecule has 21 rings (SSSR count). The zero-order valence-electron chi connectivity index (χ0n) is 69.5. The summed E-state index contributed by atoms with van der Waals surface area (Å²) in [7, 11) is 0. The molecule has 0 spiro atoms. The quantitative estimate of drug-likeness (QED) is 0.0925. The summed E-state index contributed by atoms with van der Waals surface area (Å²) in [5.74, 6) is 1.13. The summed E-state index contributed by atoms with van der Waals surface area (Å²) in [5.41, 5.74) is 33.2. The number of aromatic nitrogens is 6. The van der Waals surface area contributed by atoms with Gasteiger partial charge >= 0.3 is 0 Å². The summed E-state index contributed by atoms with van der Waals surface area (Å²) in [4.78, 5) is 21.1. The lowest BCUT2D eigenvalue weighted by Gasteiger charge is -2.22. The van der Waals surface area contributed by atoms with Crippen molar-refractivity contribution in [2.24, 2.45) is 0 Å². The van der Waals surface area contributed by atoms with E-state index in [1.807, 2.05) is 206 Å². The van der Waals surface area contributed by atoms with Crippen LogP contribution in [0.2, 0.25) is 0 Å². The maximum atomic E-state index is 11.3. The lowest BCUT2D eigenvalue weighted by Crippen LogP contribution is -2.04. The Bertz CT molecular complexity index is 7940. The van der Waals surface area contributed by atoms with E-state index < -0.39 is 0 Å². The average Bonchev–Trinajstić information content (AvgIpc) is 1.62. The second-order valence-electron chi connectivity index (χ2n) is 32.2. The predicted molar refractivity (Wildman–Crippen MR) is 515 cm³/mol. The number of para-hydroxylation sites is 1. The van der Waals surface area contributed by atoms with Crippen LogP contribution < -0.4 is 0 Å². The van der Waals surface area contributed by atoms with Crippen molar-refractivity contribution in [2.45, 2.75) is 20.8 Å². The molecule has 0 aliphatic carbocycles. The first-order valence-corrected chi connectivity index (χ1v) is 42.3. The van der Waals surface area contributed by atoms with E-state index in [4.69, 9.17) is 19.9 Å². The molecule has 10 nitrogen and oxygen atoms in total. The van der Waals surface area contributed by atoms with E-state index >= 15 is 0 Å². The molecule has 127 heavy (non-hydrogen) atoms. The lowest BCUT2D eigenvalue weighted by atomic mass is 9.88. The van der Waals surface area contributed by atoms with E-state index in [1.54, 1.807) is 0 Å². The first-order chi connectivity index (χ1) is 62.5. The van der Waals surface area contributed by atoms with E-state index in [0.29, 0.717) is 45.3 Å². The number of hydrogen-bond acceptors (Lipinski definition) is 8. The number of fused-ring (bicyclic) bond motifs is 6. The van der Waals surface area contributed by atoms with Gasteiger partial charge in [0, 0.05) is 99.4 Å². The van der Waals surface area contributed by atoms with E-state index in [1.165, 1.54) is 0 Å². The van der Waals surface area contributed by atoms with Crippen molar-refractivity contribution in [2.75, 3.05) is 0 Å². The molecule has 0 aliphatic heterocycles. The van der Waals surface area contributed by atoms with Crippen LogP contribution in [0, 0.1) is 66.1 Å². The Morgan fingerprint density at radius 3 is 0.913 bits per heavy atom. The maximum Gasteiger partial charge on any atom is 0.160 e. The van der Waals surface area contributed by atoms with Crippen LogP contribution in [0.15, 0.2) is 394 Å². The molecule has 0 saturated carbocycles. The summed E-state index contributed by atoms with van der Waals surface area (Å²) >= 11 is 0. The second-order valence-corrected chi connectivity index (χ2v) is 32.2. The Labute approximate surface area is 735 Å². The topological polar surface area (TPSA) is 157 Å². The standard InChI is InChI=1S/C117H74N10/c1-73-56-88(58-89(57-73)81-50-53-111-99(60-81)97-46-26-27-47-110(97)126(111)114-102(93-42-22-17-37-84(93)69-118)63-90(64-103(114)94-43-23-18-38-85(94)70-119)108-67-106(76-29-8-4-9-30-76)122-116(124-108)78-33-12-6-13-34-78)80-49-48-75(3)98(59-80)83-52-55-113-101(62-83)100-61-82(92-41-21-16-28-74(92)2)51-54-112(100)127(113)115-104(95-44-24-19-39-86(95)71-120)65-91(66-105(115)96-45-25-20-40-87(96)72-121)109-68-107(77-31-10-5-11-32-77)123-117(125-109)79-35-14-7-15-36-79/h4-68H,1-3H3. The predicted octanol–water partition coefficient (Wildman–Crippen LogP) is 29.2. The Morgan fingerprint density at radius 1 is 0.197 bits per heavy atom. The molecule has 4 heterocycles. The van der Waals surface area contributed by atoms with Crippen molar-refractivity contribution in [3.8, 4) is 192 Å². The highest BCUT2D eigenvalue weighted by Crippen LogP contribution is 2.51. The van der Waals surface area contributed by atoms with Gasteiger partial charge in [0.1, 0.15) is 0 Å². The molecule has 0 atom stereocenters. The van der Waals surface area contributed by atoms with Gasteiger partial charge in [-0.2, -0.15) is 21.0 Å². The average molecular weight is 1620 g/mol. The molecule has 0 amide bonds. The van der Waals surface area contributed by atoms with Gasteiger partial charge in [-0.1, -0.05) is 279 Å². The number of aryl methyl sites for hydroxylation is 3. The fourth-order valence-corrected chi connectivity index (χ4v) is 18.4. The first kappa shape index (κ1) is 76.8. The molecule has 0 saturated heterocycles. The molecule has 10 heteroatoms. The van der Waals surface area contributed by atoms with Crippen LogP contribution in [0.5, 0.6) is 0 Å². The smallest absolute Gasteiger partial charge is 0.160 e. The van der Waals surface area contributed by atoms with Crippen molar-refractivity contribution in [1.82, 2.24) is 29.1 Å². The zero-order valence-corrected chi connectivity index (χ0v) is 69.5. The molecule has 21 aromatic rings. The second kappa shape index (κ2) is 32.5. The van der Waals surface area contributed by atoms with E-state index in [-0.39, 0.29) is 0 Å². The molecule has 0 aliphatic rings. The molecule has 0 radical (unpaired) electrons. The Morgan fingerprint density at radius 2 is 0.496 bits per heavy atom. The summed E-state index contributed by atoms with van der Waals surface area (Å²) in [5, 5.41) is 48.9. The first-order valence-electron chi connectivity index (χ1n) is 42.3. The molecule has 17 aromatic carbocycles. The molecule has 592 valence electrons. The number of hydrogen-bond donors (Lipinski definition) is 0. The third kappa shape index (κ3) is 14.0. The van der Waals surface area contributed by atoms with Crippen LogP contribution in [0.25, 0.3) is 212 Å². The highest BCUT2D eigenvalue weighted by Gasteiger charge is 2.29. The molecule has 0 fully saturated rings. The van der Waals surface area contributed by atoms with Crippen molar-refractivity contribution in [3.63, 3.8) is 0 Å². The van der Waals surface area contributed by atoms with E-state index in [9.17, 15) is 21.0 Å². The normalized spacial score (nSPS) is 11.2. The number of rotatable bonds is 16. The van der Waals surface area contributed by atoms with Gasteiger partial charge in [-0.25, -0.2) is 19.9 Å². The van der Waals surface area contributed by atoms with Crippen LogP contribution in [-0.4, -0.2) is 29.1 Å². The largest absolute Gasteiger partial charge is 0.308 e. The third-order valence-corrected chi connectivity index (χ3v) is 24.5. The highest BCUT2D eigenvalue weighted by molar-refractivity contribution is 6.15. The summed E-state index contributed by atoms with van der Waals surface area (Å²) in [6, 6.07) is 145. The Kier molecular flexibility index (Phi) is 19.6. The molecule has 0 unspecified atom stereocenters. The minimum absolute atomic E-state index is 0.490. The van der Waals surface area contributed by atoms with Gasteiger partial charge in [0.05, 0.1) is 103 Å². The van der Waals surface area contributed by atoms with E-state index in [0.717, 1.165) is 205 Å². The minimum Gasteiger partial charge on any atom is -0.308 e. The van der Waals surface area contributed by atoms with Gasteiger partial charge in [0.15, 0.2) is 11.6 Å². The summed E-state index contributed by atoms with van der Waals surface area (Å²) < 4.78 is 4.68. The maximum absolute atomic E-state index is 11.3. The summed E-state index contributed by atoms with van der Waals surface area (Å²) in [6.45, 7) is 6.51. The zero-order chi connectivity index (χ0) is 85.8. The monoisotopic (exact) mass is 1620 g/mol. The van der Waals surface area contributed by atoms with Crippen LogP contribution in [0.4, 0.5) is 0 Å². The Hall–Kier alpha value is -17.5. The van der Waals surface area contributed by atoms with Gasteiger partial charge in [0.25, 0.3) is 0 Å². The molecular formula is C117H74N10. The number of benzene rings is 17. The van der Waals surface area contributed by atoms with Crippen LogP contribution in [0.3, 0.4) is 0 Å². The number of nitriles is 4. The van der Waals surface area contributed by atoms with E-state index in [2.05, 4.69) is 242 Å². The van der Waals surface area contributed by atoms with Crippen LogP contribution in [-0.2, 0) is 0 Å². The lowest BCUT2D eigenvalue weighted by molar-refractivity contribution is 1.17. The van der Waals surface area contributed by atoms with Gasteiger partial charge in [-0.05, 0) is 197 Å². The van der Waals surface area contributed by atoms with Crippen LogP contribution >= 0.6 is 0 Å². The van der Waals surface area contributed by atoms with Gasteiger partial charge < -0.3 is 9.13 Å². The van der Waals surface area contributed by atoms with Crippen molar-refractivity contribution in [3.05, 3.63) is 433 Å². The summed E-state index contributed by atoms with van der Waals surface area (Å²) in [6.07, 6.45) is 0. The SMILES string of the molecule is Cc1cc(-c2ccc(C)c(-c3ccc4c(c3)c3cc(-c5ccccc5C)ccc3n4-c3c(-c4ccccc4C#N)cc(-c4cc(-c5ccccc5)nc(-c5ccccc5)n4)cc3-c3ccccc3C#N)c2)cc(-c2ccc3c(c2)c2ccccc2n3-c2c(-c3ccccc3C#N)cc(-c3cc(-c4ccccc4)nc(-c4ccccc4)n3)cc2-c2ccccc2C#N)c1. The van der Waals surface area contributed by atoms with Gasteiger partial charge in [0.2, 0.25) is 0 Å². The van der Waals surface area contributed by atoms with Crippen molar-refractivity contribution >= 4 is 43.6 Å². The fraction of sp³-hybridized carbons (Fsp3) is 0.0256. The molecule has 0 N–H and O–H groups in total.